The van der Waals surface area contributed by atoms with Gasteiger partial charge in [0.15, 0.2) is 11.4 Å². The first-order valence-corrected chi connectivity index (χ1v) is 14.8. The maximum Gasteiger partial charge on any atom is 0.180 e. The topological polar surface area (TPSA) is 43.3 Å². The molecule has 0 saturated heterocycles. The number of nitrogens with zero attached hydrogens (tertiary/aromatic N) is 3. The number of furan rings is 1. The summed E-state index contributed by atoms with van der Waals surface area (Å²) in [6, 6.07) is 48.9. The van der Waals surface area contributed by atoms with Gasteiger partial charge in [-0.25, -0.2) is 9.97 Å². The number of benzene rings is 6. The highest BCUT2D eigenvalue weighted by molar-refractivity contribution is 6.23. The van der Waals surface area contributed by atoms with Crippen molar-refractivity contribution in [1.82, 2.24) is 14.4 Å². The predicted octanol–water partition coefficient (Wildman–Crippen LogP) is 10.5. The molecule has 6 aromatic carbocycles. The van der Waals surface area contributed by atoms with Crippen molar-refractivity contribution in [2.75, 3.05) is 0 Å². The molecular formula is C40H23N3O. The summed E-state index contributed by atoms with van der Waals surface area (Å²) in [5.74, 6) is 0.684. The minimum absolute atomic E-state index is 0.684. The average molecular weight is 562 g/mol. The van der Waals surface area contributed by atoms with Gasteiger partial charge in [-0.15, -0.1) is 0 Å². The molecule has 4 heteroatoms. The van der Waals surface area contributed by atoms with Gasteiger partial charge in [0.05, 0.1) is 16.6 Å². The van der Waals surface area contributed by atoms with Crippen molar-refractivity contribution in [2.45, 2.75) is 0 Å². The third kappa shape index (κ3) is 3.22. The van der Waals surface area contributed by atoms with Crippen LogP contribution in [-0.2, 0) is 0 Å². The third-order valence-corrected chi connectivity index (χ3v) is 8.95. The largest absolute Gasteiger partial charge is 0.452 e. The average Bonchev–Trinajstić information content (AvgIpc) is 3.75. The van der Waals surface area contributed by atoms with Crippen LogP contribution in [-0.4, -0.2) is 14.4 Å². The molecule has 44 heavy (non-hydrogen) atoms. The van der Waals surface area contributed by atoms with E-state index in [0.717, 1.165) is 44.4 Å². The van der Waals surface area contributed by atoms with Crippen LogP contribution in [0.5, 0.6) is 0 Å². The summed E-state index contributed by atoms with van der Waals surface area (Å²) in [7, 11) is 0. The van der Waals surface area contributed by atoms with E-state index < -0.39 is 0 Å². The molecule has 10 aromatic rings. The minimum Gasteiger partial charge on any atom is -0.452 e. The van der Waals surface area contributed by atoms with Gasteiger partial charge in [0.25, 0.3) is 0 Å². The summed E-state index contributed by atoms with van der Waals surface area (Å²) < 4.78 is 8.91. The molecule has 4 heterocycles. The SMILES string of the molecule is c1ccc(-c2nc(-c3ccccc3)c3oc4ccc(-c5ccc6c7cccc8c9ccccc9n(c6c5)c87)cc4c3n2)cc1. The highest BCUT2D eigenvalue weighted by Crippen LogP contribution is 2.41. The summed E-state index contributed by atoms with van der Waals surface area (Å²) in [5.41, 5.74) is 11.1. The molecule has 0 aliphatic carbocycles. The Hall–Kier alpha value is -6.00. The molecule has 0 fully saturated rings. The van der Waals surface area contributed by atoms with Crippen LogP contribution in [0.15, 0.2) is 144 Å². The van der Waals surface area contributed by atoms with Gasteiger partial charge in [0.2, 0.25) is 0 Å². The van der Waals surface area contributed by atoms with E-state index in [-0.39, 0.29) is 0 Å². The van der Waals surface area contributed by atoms with Crippen molar-refractivity contribution < 1.29 is 4.42 Å². The van der Waals surface area contributed by atoms with E-state index in [1.165, 1.54) is 38.1 Å². The number of hydrogen-bond donors (Lipinski definition) is 0. The zero-order valence-electron chi connectivity index (χ0n) is 23.5. The number of hydrogen-bond acceptors (Lipinski definition) is 3. The van der Waals surface area contributed by atoms with Gasteiger partial charge in [0.1, 0.15) is 16.8 Å². The lowest BCUT2D eigenvalue weighted by Gasteiger charge is -2.06. The van der Waals surface area contributed by atoms with Crippen LogP contribution in [0.3, 0.4) is 0 Å². The molecule has 0 unspecified atom stereocenters. The first-order chi connectivity index (χ1) is 21.8. The molecule has 0 bridgehead atoms. The first-order valence-electron chi connectivity index (χ1n) is 14.8. The molecule has 0 saturated carbocycles. The lowest BCUT2D eigenvalue weighted by atomic mass is 10.0. The normalized spacial score (nSPS) is 12.1. The zero-order chi connectivity index (χ0) is 28.8. The number of aromatic nitrogens is 3. The quantitative estimate of drug-likeness (QED) is 0.215. The maximum atomic E-state index is 6.48. The number of fused-ring (bicyclic) bond motifs is 9. The van der Waals surface area contributed by atoms with Gasteiger partial charge in [-0.2, -0.15) is 0 Å². The molecule has 0 radical (unpaired) electrons. The fourth-order valence-electron chi connectivity index (χ4n) is 6.94. The summed E-state index contributed by atoms with van der Waals surface area (Å²) in [6.07, 6.45) is 0. The first kappa shape index (κ1) is 23.6. The second-order valence-corrected chi connectivity index (χ2v) is 11.4. The Labute approximate surface area is 251 Å². The molecule has 10 rings (SSSR count). The van der Waals surface area contributed by atoms with E-state index in [1.54, 1.807) is 0 Å². The zero-order valence-corrected chi connectivity index (χ0v) is 23.5. The fourth-order valence-corrected chi connectivity index (χ4v) is 6.94. The number of rotatable bonds is 3. The van der Waals surface area contributed by atoms with Crippen molar-refractivity contribution in [1.29, 1.82) is 0 Å². The lowest BCUT2D eigenvalue weighted by Crippen LogP contribution is -1.93. The van der Waals surface area contributed by atoms with Crippen LogP contribution < -0.4 is 0 Å². The highest BCUT2D eigenvalue weighted by atomic mass is 16.3. The van der Waals surface area contributed by atoms with Crippen molar-refractivity contribution in [2.24, 2.45) is 0 Å². The Balaban J connectivity index is 1.23. The van der Waals surface area contributed by atoms with Crippen molar-refractivity contribution >= 4 is 60.2 Å². The lowest BCUT2D eigenvalue weighted by molar-refractivity contribution is 0.667. The molecule has 0 N–H and O–H groups in total. The van der Waals surface area contributed by atoms with Gasteiger partial charge in [-0.05, 0) is 35.4 Å². The molecule has 0 atom stereocenters. The Morgan fingerprint density at radius 3 is 1.93 bits per heavy atom. The van der Waals surface area contributed by atoms with Crippen molar-refractivity contribution in [3.05, 3.63) is 140 Å². The van der Waals surface area contributed by atoms with Gasteiger partial charge < -0.3 is 8.82 Å². The molecule has 0 spiro atoms. The van der Waals surface area contributed by atoms with Crippen LogP contribution in [0, 0.1) is 0 Å². The summed E-state index contributed by atoms with van der Waals surface area (Å²) in [5, 5.41) is 6.12. The van der Waals surface area contributed by atoms with Crippen molar-refractivity contribution in [3.8, 4) is 33.8 Å². The van der Waals surface area contributed by atoms with Crippen LogP contribution in [0.25, 0.3) is 93.9 Å². The molecule has 4 aromatic heterocycles. The van der Waals surface area contributed by atoms with Gasteiger partial charge in [0, 0.05) is 38.1 Å². The molecule has 4 nitrogen and oxygen atoms in total. The van der Waals surface area contributed by atoms with Crippen LogP contribution in [0.1, 0.15) is 0 Å². The summed E-state index contributed by atoms with van der Waals surface area (Å²) >= 11 is 0. The monoisotopic (exact) mass is 561 g/mol. The van der Waals surface area contributed by atoms with Crippen LogP contribution in [0.4, 0.5) is 0 Å². The second-order valence-electron chi connectivity index (χ2n) is 11.4. The van der Waals surface area contributed by atoms with E-state index in [2.05, 4.69) is 95.4 Å². The fraction of sp³-hybridized carbons (Fsp3) is 0. The Morgan fingerprint density at radius 1 is 0.455 bits per heavy atom. The standard InChI is InChI=1S/C40H23N3O/c1-3-10-24(11-4-1)36-39-37(42-40(41-36)25-12-5-2-6-13-25)32-22-26(19-21-35(32)44-39)27-18-20-29-31-16-9-15-30-28-14-7-8-17-33(28)43(38(30)31)34(29)23-27/h1-23H. The highest BCUT2D eigenvalue weighted by Gasteiger charge is 2.20. The Bertz CT molecular complexity index is 2700. The minimum atomic E-state index is 0.684. The summed E-state index contributed by atoms with van der Waals surface area (Å²) in [4.78, 5) is 10.1. The van der Waals surface area contributed by atoms with E-state index in [0.29, 0.717) is 11.4 Å². The maximum absolute atomic E-state index is 6.48. The molecule has 0 amide bonds. The van der Waals surface area contributed by atoms with Crippen molar-refractivity contribution in [3.63, 3.8) is 0 Å². The van der Waals surface area contributed by atoms with E-state index in [4.69, 9.17) is 14.4 Å². The molecular weight excluding hydrogens is 538 g/mol. The van der Waals surface area contributed by atoms with Crippen LogP contribution in [0.2, 0.25) is 0 Å². The molecule has 204 valence electrons. The van der Waals surface area contributed by atoms with E-state index in [1.807, 2.05) is 48.5 Å². The van der Waals surface area contributed by atoms with Crippen LogP contribution >= 0.6 is 0 Å². The smallest absolute Gasteiger partial charge is 0.180 e. The molecule has 0 aliphatic heterocycles. The van der Waals surface area contributed by atoms with E-state index in [9.17, 15) is 0 Å². The Kier molecular flexibility index (Phi) is 4.69. The second kappa shape index (κ2) is 8.76. The predicted molar refractivity (Wildman–Crippen MR) is 180 cm³/mol. The van der Waals surface area contributed by atoms with Gasteiger partial charge in [-0.3, -0.25) is 0 Å². The van der Waals surface area contributed by atoms with Gasteiger partial charge in [-0.1, -0.05) is 115 Å². The van der Waals surface area contributed by atoms with E-state index >= 15 is 0 Å². The Morgan fingerprint density at radius 2 is 1.11 bits per heavy atom. The summed E-state index contributed by atoms with van der Waals surface area (Å²) in [6.45, 7) is 0. The molecule has 0 aliphatic rings. The third-order valence-electron chi connectivity index (χ3n) is 8.95. The number of para-hydroxylation sites is 2. The van der Waals surface area contributed by atoms with Gasteiger partial charge >= 0.3 is 0 Å².